The van der Waals surface area contributed by atoms with Crippen molar-refractivity contribution in [3.05, 3.63) is 24.3 Å². The molecule has 0 amide bonds. The first-order valence-electron chi connectivity index (χ1n) is 4.64. The van der Waals surface area contributed by atoms with Gasteiger partial charge in [-0.15, -0.1) is 0 Å². The molecule has 2 N–H and O–H groups in total. The maximum absolute atomic E-state index is 10.4. The van der Waals surface area contributed by atoms with Gasteiger partial charge in [0, 0.05) is 0 Å². The molecule has 0 fully saturated rings. The van der Waals surface area contributed by atoms with E-state index in [1.807, 2.05) is 0 Å². The summed E-state index contributed by atoms with van der Waals surface area (Å²) in [6.45, 7) is 0. The smallest absolute Gasteiger partial charge is 0.449 e. The Kier molecular flexibility index (Phi) is 2.92. The summed E-state index contributed by atoms with van der Waals surface area (Å²) in [6, 6.07) is 6.47. The zero-order valence-corrected chi connectivity index (χ0v) is 8.73. The molecule has 0 atom stereocenters. The normalized spacial score (nSPS) is 10.0. The van der Waals surface area contributed by atoms with Gasteiger partial charge in [-0.05, 0) is 12.1 Å². The number of carbonyl (C=O) groups is 2. The lowest BCUT2D eigenvalue weighted by molar-refractivity contribution is 0.129. The second-order valence-electron chi connectivity index (χ2n) is 3.06. The molecule has 0 aliphatic rings. The SMILES string of the molecule is O=C(O)Oc1nc2ccccc2nc1OC(=O)O. The molecule has 0 radical (unpaired) electrons. The summed E-state index contributed by atoms with van der Waals surface area (Å²) < 4.78 is 8.62. The molecule has 0 aliphatic carbocycles. The number of rotatable bonds is 2. The molecule has 8 nitrogen and oxygen atoms in total. The Morgan fingerprint density at radius 2 is 1.28 bits per heavy atom. The molecule has 0 spiro atoms. The lowest BCUT2D eigenvalue weighted by atomic mass is 10.3. The fourth-order valence-corrected chi connectivity index (χ4v) is 1.27. The molecular weight excluding hydrogens is 244 g/mol. The van der Waals surface area contributed by atoms with Crippen LogP contribution in [0.25, 0.3) is 11.0 Å². The van der Waals surface area contributed by atoms with E-state index in [0.29, 0.717) is 11.0 Å². The molecule has 1 aromatic carbocycles. The first-order valence-corrected chi connectivity index (χ1v) is 4.64. The van der Waals surface area contributed by atoms with Crippen LogP contribution in [0.4, 0.5) is 9.59 Å². The summed E-state index contributed by atoms with van der Waals surface area (Å²) in [5.74, 6) is -1.05. The number of fused-ring (bicyclic) bond motifs is 1. The molecule has 0 saturated heterocycles. The summed E-state index contributed by atoms with van der Waals surface area (Å²) in [7, 11) is 0. The molecule has 1 heterocycles. The molecule has 0 saturated carbocycles. The fourth-order valence-electron chi connectivity index (χ4n) is 1.27. The van der Waals surface area contributed by atoms with Gasteiger partial charge in [-0.1, -0.05) is 12.1 Å². The van der Waals surface area contributed by atoms with Crippen LogP contribution in [0, 0.1) is 0 Å². The second kappa shape index (κ2) is 4.53. The average Bonchev–Trinajstić information content (AvgIpc) is 2.28. The topological polar surface area (TPSA) is 119 Å². The summed E-state index contributed by atoms with van der Waals surface area (Å²) in [6.07, 6.45) is -3.29. The zero-order valence-electron chi connectivity index (χ0n) is 8.73. The second-order valence-corrected chi connectivity index (χ2v) is 3.06. The van der Waals surface area contributed by atoms with Crippen LogP contribution < -0.4 is 9.47 Å². The largest absolute Gasteiger partial charge is 0.512 e. The minimum Gasteiger partial charge on any atom is -0.449 e. The monoisotopic (exact) mass is 250 g/mol. The van der Waals surface area contributed by atoms with Gasteiger partial charge in [-0.2, -0.15) is 0 Å². The summed E-state index contributed by atoms with van der Waals surface area (Å²) in [4.78, 5) is 28.5. The van der Waals surface area contributed by atoms with Crippen molar-refractivity contribution in [2.75, 3.05) is 0 Å². The highest BCUT2D eigenvalue weighted by molar-refractivity contribution is 5.77. The number of para-hydroxylation sites is 2. The minimum absolute atomic E-state index is 0.353. The standard InChI is InChI=1S/C10H6N2O6/c13-9(14)17-7-8(18-10(15)16)12-6-4-2-1-3-5(6)11-7/h1-4H,(H,13,14)(H,15,16). The summed E-state index contributed by atoms with van der Waals surface area (Å²) in [5.41, 5.74) is 0.706. The van der Waals surface area contributed by atoms with E-state index in [9.17, 15) is 9.59 Å². The van der Waals surface area contributed by atoms with Crippen molar-refractivity contribution < 1.29 is 29.3 Å². The lowest BCUT2D eigenvalue weighted by Gasteiger charge is -2.06. The minimum atomic E-state index is -1.64. The Morgan fingerprint density at radius 3 is 1.61 bits per heavy atom. The van der Waals surface area contributed by atoms with Crippen LogP contribution >= 0.6 is 0 Å². The van der Waals surface area contributed by atoms with Gasteiger partial charge in [0.15, 0.2) is 0 Å². The molecule has 0 unspecified atom stereocenters. The Balaban J connectivity index is 2.55. The molecule has 0 aliphatic heterocycles. The number of benzene rings is 1. The molecule has 0 bridgehead atoms. The Bertz CT molecular complexity index is 572. The highest BCUT2D eigenvalue weighted by atomic mass is 16.7. The van der Waals surface area contributed by atoms with Gasteiger partial charge in [-0.3, -0.25) is 0 Å². The van der Waals surface area contributed by atoms with Gasteiger partial charge in [0.2, 0.25) is 0 Å². The molecular formula is C10H6N2O6. The third-order valence-corrected chi connectivity index (χ3v) is 1.88. The van der Waals surface area contributed by atoms with E-state index in [0.717, 1.165) is 0 Å². The van der Waals surface area contributed by atoms with E-state index in [1.54, 1.807) is 24.3 Å². The quantitative estimate of drug-likeness (QED) is 0.773. The van der Waals surface area contributed by atoms with Crippen LogP contribution in [0.15, 0.2) is 24.3 Å². The van der Waals surface area contributed by atoms with E-state index in [-0.39, 0.29) is 0 Å². The van der Waals surface area contributed by atoms with Crippen molar-refractivity contribution in [3.63, 3.8) is 0 Å². The van der Waals surface area contributed by atoms with Gasteiger partial charge < -0.3 is 19.7 Å². The van der Waals surface area contributed by atoms with E-state index in [1.165, 1.54) is 0 Å². The molecule has 18 heavy (non-hydrogen) atoms. The number of ether oxygens (including phenoxy) is 2. The van der Waals surface area contributed by atoms with Crippen LogP contribution in [0.1, 0.15) is 0 Å². The molecule has 2 aromatic rings. The van der Waals surface area contributed by atoms with Crippen molar-refractivity contribution in [2.45, 2.75) is 0 Å². The number of nitrogens with zero attached hydrogens (tertiary/aromatic N) is 2. The summed E-state index contributed by atoms with van der Waals surface area (Å²) in [5, 5.41) is 17.0. The third kappa shape index (κ3) is 2.43. The number of aromatic nitrogens is 2. The van der Waals surface area contributed by atoms with Crippen LogP contribution in [0.3, 0.4) is 0 Å². The Labute approximate surface area is 99.4 Å². The van der Waals surface area contributed by atoms with E-state index < -0.39 is 24.1 Å². The van der Waals surface area contributed by atoms with E-state index in [4.69, 9.17) is 10.2 Å². The third-order valence-electron chi connectivity index (χ3n) is 1.88. The van der Waals surface area contributed by atoms with Crippen LogP contribution in [0.5, 0.6) is 11.8 Å². The van der Waals surface area contributed by atoms with Crippen LogP contribution in [-0.4, -0.2) is 32.5 Å². The predicted octanol–water partition coefficient (Wildman–Crippen LogP) is 1.74. The molecule has 2 rings (SSSR count). The molecule has 1 aromatic heterocycles. The van der Waals surface area contributed by atoms with Gasteiger partial charge in [0.05, 0.1) is 11.0 Å². The van der Waals surface area contributed by atoms with Gasteiger partial charge in [0.1, 0.15) is 0 Å². The van der Waals surface area contributed by atoms with Crippen molar-refractivity contribution in [1.82, 2.24) is 9.97 Å². The number of carboxylic acid groups (broad SMARTS) is 2. The van der Waals surface area contributed by atoms with Crippen LogP contribution in [0.2, 0.25) is 0 Å². The fraction of sp³-hybridized carbons (Fsp3) is 0. The summed E-state index contributed by atoms with van der Waals surface area (Å²) >= 11 is 0. The first kappa shape index (κ1) is 11.6. The van der Waals surface area contributed by atoms with Gasteiger partial charge in [0.25, 0.3) is 11.8 Å². The lowest BCUT2D eigenvalue weighted by Crippen LogP contribution is -2.11. The number of hydrogen-bond donors (Lipinski definition) is 2. The maximum atomic E-state index is 10.4. The van der Waals surface area contributed by atoms with E-state index >= 15 is 0 Å². The van der Waals surface area contributed by atoms with Crippen LogP contribution in [-0.2, 0) is 0 Å². The van der Waals surface area contributed by atoms with Crippen molar-refractivity contribution >= 4 is 23.3 Å². The average molecular weight is 250 g/mol. The molecule has 92 valence electrons. The maximum Gasteiger partial charge on any atom is 0.512 e. The van der Waals surface area contributed by atoms with Gasteiger partial charge in [-0.25, -0.2) is 19.6 Å². The van der Waals surface area contributed by atoms with Crippen molar-refractivity contribution in [2.24, 2.45) is 0 Å². The highest BCUT2D eigenvalue weighted by Crippen LogP contribution is 2.25. The van der Waals surface area contributed by atoms with Crippen molar-refractivity contribution in [3.8, 4) is 11.8 Å². The predicted molar refractivity (Wildman–Crippen MR) is 56.8 cm³/mol. The first-order chi connectivity index (χ1) is 8.56. The Morgan fingerprint density at radius 1 is 0.889 bits per heavy atom. The van der Waals surface area contributed by atoms with Crippen molar-refractivity contribution in [1.29, 1.82) is 0 Å². The van der Waals surface area contributed by atoms with Gasteiger partial charge >= 0.3 is 12.3 Å². The molecule has 8 heteroatoms. The highest BCUT2D eigenvalue weighted by Gasteiger charge is 2.17. The zero-order chi connectivity index (χ0) is 13.1. The number of hydrogen-bond acceptors (Lipinski definition) is 6. The Hall–Kier alpha value is -2.90. The van der Waals surface area contributed by atoms with E-state index in [2.05, 4.69) is 19.4 Å².